The Bertz CT molecular complexity index is 834. The van der Waals surface area contributed by atoms with Crippen molar-refractivity contribution in [3.8, 4) is 0 Å². The van der Waals surface area contributed by atoms with E-state index in [4.69, 9.17) is 18.0 Å². The number of carbonyl (C=O) groups is 4. The van der Waals surface area contributed by atoms with Crippen LogP contribution in [0, 0.1) is 5.92 Å². The lowest BCUT2D eigenvalue weighted by Crippen LogP contribution is -2.59. The van der Waals surface area contributed by atoms with Crippen LogP contribution in [0.2, 0.25) is 6.04 Å². The molecule has 0 aromatic heterocycles. The van der Waals surface area contributed by atoms with Crippen molar-refractivity contribution in [2.75, 3.05) is 33.0 Å². The Hall–Kier alpha value is -2.60. The van der Waals surface area contributed by atoms with Gasteiger partial charge < -0.3 is 18.0 Å². The summed E-state index contributed by atoms with van der Waals surface area (Å²) in [7, 11) is -2.74. The number of benzene rings is 1. The van der Waals surface area contributed by atoms with Crippen molar-refractivity contribution in [2.24, 2.45) is 5.92 Å². The van der Waals surface area contributed by atoms with Crippen molar-refractivity contribution in [3.63, 3.8) is 0 Å². The van der Waals surface area contributed by atoms with Gasteiger partial charge in [0.05, 0.1) is 6.54 Å². The van der Waals surface area contributed by atoms with Gasteiger partial charge in [0.1, 0.15) is 12.5 Å². The highest BCUT2D eigenvalue weighted by Crippen LogP contribution is 2.20. The van der Waals surface area contributed by atoms with Crippen LogP contribution in [0.5, 0.6) is 0 Å². The number of ether oxygens (including phenoxy) is 1. The summed E-state index contributed by atoms with van der Waals surface area (Å²) in [5.41, 5.74) is 0.812. The number of esters is 1. The molecule has 1 atom stereocenters. The largest absolute Gasteiger partial charge is 0.500 e. The van der Waals surface area contributed by atoms with Crippen LogP contribution < -0.4 is 5.32 Å². The van der Waals surface area contributed by atoms with E-state index in [9.17, 15) is 19.2 Å². The molecule has 0 spiro atoms. The standard InChI is InChI=1S/C24H36N2O8Si/c1-4-32-35(33-5-2,34-6-3)17-11-10-14-21(27)31-16-15-26-23(29)20(22(28)25-24(26)30)18-19-12-8-7-9-13-19/h7-9,12-13,20H,4-6,10-11,14-18H2,1-3H3,(H,25,28,30). The summed E-state index contributed by atoms with van der Waals surface area (Å²) in [6, 6.07) is 8.90. The van der Waals surface area contributed by atoms with Gasteiger partial charge in [-0.15, -0.1) is 0 Å². The number of amides is 4. The van der Waals surface area contributed by atoms with Gasteiger partial charge in [0, 0.05) is 32.3 Å². The van der Waals surface area contributed by atoms with Crippen molar-refractivity contribution in [1.82, 2.24) is 10.2 Å². The van der Waals surface area contributed by atoms with Crippen molar-refractivity contribution in [3.05, 3.63) is 35.9 Å². The van der Waals surface area contributed by atoms with Gasteiger partial charge >= 0.3 is 20.8 Å². The predicted octanol–water partition coefficient (Wildman–Crippen LogP) is 2.69. The number of rotatable bonds is 16. The van der Waals surface area contributed by atoms with Crippen LogP contribution >= 0.6 is 0 Å². The highest BCUT2D eigenvalue weighted by atomic mass is 28.4. The molecular weight excluding hydrogens is 472 g/mol. The molecule has 1 aliphatic rings. The molecular formula is C24H36N2O8Si. The molecule has 0 aliphatic carbocycles. The maximum atomic E-state index is 12.8. The molecule has 1 heterocycles. The SMILES string of the molecule is CCO[Si](CCCCC(=O)OCCN1C(=O)NC(=O)C(Cc2ccccc2)C1=O)(OCC)OCC. The van der Waals surface area contributed by atoms with Gasteiger partial charge in [-0.1, -0.05) is 30.3 Å². The number of urea groups is 1. The third-order valence-electron chi connectivity index (χ3n) is 5.42. The number of unbranched alkanes of at least 4 members (excludes halogenated alkanes) is 1. The highest BCUT2D eigenvalue weighted by molar-refractivity contribution is 6.60. The van der Waals surface area contributed by atoms with Gasteiger partial charge in [0.2, 0.25) is 11.8 Å². The lowest BCUT2D eigenvalue weighted by atomic mass is 9.95. The van der Waals surface area contributed by atoms with Crippen molar-refractivity contribution < 1.29 is 37.2 Å². The van der Waals surface area contributed by atoms with Crippen LogP contribution in [0.1, 0.15) is 45.6 Å². The first-order valence-corrected chi connectivity index (χ1v) is 14.1. The van der Waals surface area contributed by atoms with E-state index in [0.29, 0.717) is 38.7 Å². The normalized spacial score (nSPS) is 16.4. The molecule has 10 nitrogen and oxygen atoms in total. The topological polar surface area (TPSA) is 120 Å². The quantitative estimate of drug-likeness (QED) is 0.157. The minimum atomic E-state index is -2.74. The molecule has 1 aromatic rings. The van der Waals surface area contributed by atoms with Crippen LogP contribution in [0.25, 0.3) is 0 Å². The highest BCUT2D eigenvalue weighted by Gasteiger charge is 2.41. The zero-order chi connectivity index (χ0) is 25.7. The number of barbiturate groups is 1. The van der Waals surface area contributed by atoms with Crippen LogP contribution in [0.3, 0.4) is 0 Å². The lowest BCUT2D eigenvalue weighted by molar-refractivity contribution is -0.148. The minimum absolute atomic E-state index is 0.121. The Morgan fingerprint density at radius 3 is 2.20 bits per heavy atom. The molecule has 0 saturated carbocycles. The van der Waals surface area contributed by atoms with Gasteiger partial charge in [0.15, 0.2) is 0 Å². The number of carbonyl (C=O) groups excluding carboxylic acids is 4. The predicted molar refractivity (Wildman–Crippen MR) is 129 cm³/mol. The molecule has 1 aliphatic heterocycles. The second-order valence-corrected chi connectivity index (χ2v) is 10.7. The summed E-state index contributed by atoms with van der Waals surface area (Å²) in [6.07, 6.45) is 1.62. The monoisotopic (exact) mass is 508 g/mol. The fourth-order valence-electron chi connectivity index (χ4n) is 3.84. The van der Waals surface area contributed by atoms with Crippen molar-refractivity contribution in [2.45, 2.75) is 52.5 Å². The number of nitrogens with one attached hydrogen (secondary N) is 1. The van der Waals surface area contributed by atoms with Crippen LogP contribution in [-0.2, 0) is 38.8 Å². The number of hydrogen-bond acceptors (Lipinski definition) is 8. The van der Waals surface area contributed by atoms with Gasteiger partial charge in [-0.3, -0.25) is 24.6 Å². The summed E-state index contributed by atoms with van der Waals surface area (Å²) < 4.78 is 22.6. The molecule has 0 bridgehead atoms. The number of nitrogens with zero attached hydrogens (tertiary/aromatic N) is 1. The molecule has 4 amide bonds. The average molecular weight is 509 g/mol. The number of hydrogen-bond donors (Lipinski definition) is 1. The van der Waals surface area contributed by atoms with E-state index in [-0.39, 0.29) is 26.0 Å². The zero-order valence-corrected chi connectivity index (χ0v) is 21.7. The van der Waals surface area contributed by atoms with Crippen molar-refractivity contribution in [1.29, 1.82) is 0 Å². The molecule has 35 heavy (non-hydrogen) atoms. The van der Waals surface area contributed by atoms with E-state index in [1.807, 2.05) is 51.1 Å². The third-order valence-corrected chi connectivity index (χ3v) is 8.57. The third kappa shape index (κ3) is 8.84. The summed E-state index contributed by atoms with van der Waals surface area (Å²) in [5, 5.41) is 2.21. The lowest BCUT2D eigenvalue weighted by Gasteiger charge is -2.30. The minimum Gasteiger partial charge on any atom is -0.464 e. The second kappa shape index (κ2) is 14.7. The van der Waals surface area contributed by atoms with Gasteiger partial charge in [0.25, 0.3) is 0 Å². The Kier molecular flexibility index (Phi) is 12.0. The molecule has 194 valence electrons. The smallest absolute Gasteiger partial charge is 0.464 e. The van der Waals surface area contributed by atoms with Gasteiger partial charge in [-0.05, 0) is 45.6 Å². The zero-order valence-electron chi connectivity index (χ0n) is 20.7. The number of imide groups is 2. The van der Waals surface area contributed by atoms with E-state index in [0.717, 1.165) is 10.5 Å². The van der Waals surface area contributed by atoms with Crippen LogP contribution in [0.4, 0.5) is 4.79 Å². The van der Waals surface area contributed by atoms with Crippen molar-refractivity contribution >= 4 is 32.6 Å². The molecule has 1 saturated heterocycles. The van der Waals surface area contributed by atoms with Gasteiger partial charge in [-0.2, -0.15) is 0 Å². The molecule has 1 unspecified atom stereocenters. The summed E-state index contributed by atoms with van der Waals surface area (Å²) in [5.74, 6) is -2.65. The van der Waals surface area contributed by atoms with E-state index in [2.05, 4.69) is 5.32 Å². The van der Waals surface area contributed by atoms with E-state index < -0.39 is 38.5 Å². The fourth-order valence-corrected chi connectivity index (χ4v) is 6.52. The molecule has 1 aromatic carbocycles. The maximum absolute atomic E-state index is 12.8. The Morgan fingerprint density at radius 2 is 1.60 bits per heavy atom. The first-order valence-electron chi connectivity index (χ1n) is 12.1. The van der Waals surface area contributed by atoms with Gasteiger partial charge in [-0.25, -0.2) is 4.79 Å². The van der Waals surface area contributed by atoms with Crippen LogP contribution in [-0.4, -0.2) is 70.5 Å². The molecule has 0 radical (unpaired) electrons. The molecule has 2 rings (SSSR count). The second-order valence-electron chi connectivity index (χ2n) is 7.94. The summed E-state index contributed by atoms with van der Waals surface area (Å²) >= 11 is 0. The maximum Gasteiger partial charge on any atom is 0.500 e. The first kappa shape index (κ1) is 28.6. The Balaban J connectivity index is 1.77. The Labute approximate surface area is 207 Å². The summed E-state index contributed by atoms with van der Waals surface area (Å²) in [4.78, 5) is 50.2. The first-order chi connectivity index (χ1) is 16.9. The fraction of sp³-hybridized carbons (Fsp3) is 0.583. The molecule has 1 fully saturated rings. The van der Waals surface area contributed by atoms with E-state index in [1.54, 1.807) is 0 Å². The molecule has 1 N–H and O–H groups in total. The Morgan fingerprint density at radius 1 is 0.971 bits per heavy atom. The summed E-state index contributed by atoms with van der Waals surface area (Å²) in [6.45, 7) is 6.90. The molecule has 11 heteroatoms. The van der Waals surface area contributed by atoms with E-state index in [1.165, 1.54) is 0 Å². The van der Waals surface area contributed by atoms with E-state index >= 15 is 0 Å². The van der Waals surface area contributed by atoms with Crippen LogP contribution in [0.15, 0.2) is 30.3 Å². The average Bonchev–Trinajstić information content (AvgIpc) is 2.83.